The first kappa shape index (κ1) is 9.46. The van der Waals surface area contributed by atoms with Gasteiger partial charge >= 0.3 is 0 Å². The predicted octanol–water partition coefficient (Wildman–Crippen LogP) is 1.32. The normalized spacial score (nSPS) is 5.71. The summed E-state index contributed by atoms with van der Waals surface area (Å²) in [5.41, 5.74) is 0. The Hall–Kier alpha value is -0.860. The number of hydrogen-bond acceptors (Lipinski definition) is 0. The van der Waals surface area contributed by atoms with E-state index in [0.717, 1.165) is 0 Å². The van der Waals surface area contributed by atoms with Crippen LogP contribution in [0.2, 0.25) is 0 Å². The van der Waals surface area contributed by atoms with E-state index in [0.29, 0.717) is 0 Å². The van der Waals surface area contributed by atoms with E-state index < -0.39 is 0 Å². The van der Waals surface area contributed by atoms with Gasteiger partial charge in [-0.3, -0.25) is 9.41 Å². The average Bonchev–Trinajstić information content (AvgIpc) is 1.76. The molecule has 0 atom stereocenters. The van der Waals surface area contributed by atoms with Crippen molar-refractivity contribution < 1.29 is 9.41 Å². The molecule has 0 saturated carbocycles. The number of nitrogens with one attached hydrogen (secondary N) is 1. The number of hydrogen-bond donors (Lipinski definition) is 1. The van der Waals surface area contributed by atoms with Crippen LogP contribution in [0.1, 0.15) is 0 Å². The minimum Gasteiger partial charge on any atom is -0.368 e. The fourth-order valence-corrected chi connectivity index (χ4v) is 0.278. The smallest absolute Gasteiger partial charge is 0.000496 e. The molecule has 42 valence electrons. The maximum atomic E-state index is 2.86. The SMILES string of the molecule is F.F.c1cc[nH]c1. The van der Waals surface area contributed by atoms with Crippen molar-refractivity contribution in [3.8, 4) is 0 Å². The standard InChI is InChI=1S/C4H5N.2FH/c1-2-4-5-3-1;;/h1-5H;2*1H. The number of rotatable bonds is 0. The van der Waals surface area contributed by atoms with Crippen LogP contribution in [0.4, 0.5) is 9.41 Å². The Morgan fingerprint density at radius 1 is 0.857 bits per heavy atom. The van der Waals surface area contributed by atoms with Crippen LogP contribution in [0.15, 0.2) is 24.5 Å². The van der Waals surface area contributed by atoms with Crippen LogP contribution in [-0.4, -0.2) is 4.98 Å². The van der Waals surface area contributed by atoms with Crippen LogP contribution in [0.3, 0.4) is 0 Å². The Kier molecular flexibility index (Phi) is 6.95. The van der Waals surface area contributed by atoms with E-state index in [2.05, 4.69) is 4.98 Å². The van der Waals surface area contributed by atoms with Gasteiger partial charge in [-0.25, -0.2) is 0 Å². The second kappa shape index (κ2) is 5.14. The molecule has 7 heavy (non-hydrogen) atoms. The van der Waals surface area contributed by atoms with Gasteiger partial charge in [-0.05, 0) is 12.1 Å². The van der Waals surface area contributed by atoms with Gasteiger partial charge in [-0.1, -0.05) is 0 Å². The van der Waals surface area contributed by atoms with Crippen molar-refractivity contribution in [1.29, 1.82) is 0 Å². The molecule has 0 aliphatic carbocycles. The molecule has 1 heterocycles. The van der Waals surface area contributed by atoms with Gasteiger partial charge in [0.15, 0.2) is 0 Å². The highest BCUT2D eigenvalue weighted by Gasteiger charge is 1.55. The minimum absolute atomic E-state index is 0. The zero-order chi connectivity index (χ0) is 3.54. The highest BCUT2D eigenvalue weighted by Crippen LogP contribution is 1.72. The quantitative estimate of drug-likeness (QED) is 0.514. The Morgan fingerprint density at radius 2 is 1.29 bits per heavy atom. The molecule has 1 rings (SSSR count). The largest absolute Gasteiger partial charge is 0.368 e. The van der Waals surface area contributed by atoms with Crippen molar-refractivity contribution in [2.24, 2.45) is 0 Å². The van der Waals surface area contributed by atoms with Crippen LogP contribution in [-0.2, 0) is 0 Å². The van der Waals surface area contributed by atoms with Gasteiger partial charge in [0.25, 0.3) is 0 Å². The van der Waals surface area contributed by atoms with Gasteiger partial charge in [0, 0.05) is 12.4 Å². The monoisotopic (exact) mass is 107 g/mol. The summed E-state index contributed by atoms with van der Waals surface area (Å²) in [6.07, 6.45) is 3.75. The third-order valence-electron chi connectivity index (χ3n) is 0.496. The molecule has 1 aromatic heterocycles. The van der Waals surface area contributed by atoms with Gasteiger partial charge in [0.2, 0.25) is 0 Å². The second-order valence-electron chi connectivity index (χ2n) is 0.885. The van der Waals surface area contributed by atoms with Crippen LogP contribution in [0.25, 0.3) is 0 Å². The molecule has 0 aromatic carbocycles. The summed E-state index contributed by atoms with van der Waals surface area (Å²) in [5, 5.41) is 0. The highest BCUT2D eigenvalue weighted by atomic mass is 19.0. The zero-order valence-corrected chi connectivity index (χ0v) is 3.63. The number of aromatic amines is 1. The van der Waals surface area contributed by atoms with Crippen molar-refractivity contribution >= 4 is 0 Å². The van der Waals surface area contributed by atoms with Crippen molar-refractivity contribution in [3.63, 3.8) is 0 Å². The van der Waals surface area contributed by atoms with E-state index >= 15 is 0 Å². The average molecular weight is 107 g/mol. The molecule has 1 aromatic rings. The van der Waals surface area contributed by atoms with Gasteiger partial charge in [0.1, 0.15) is 0 Å². The molecule has 0 fully saturated rings. The predicted molar refractivity (Wildman–Crippen MR) is 25.8 cm³/mol. The highest BCUT2D eigenvalue weighted by molar-refractivity contribution is 4.84. The van der Waals surface area contributed by atoms with E-state index in [1.165, 1.54) is 0 Å². The van der Waals surface area contributed by atoms with Crippen LogP contribution < -0.4 is 0 Å². The van der Waals surface area contributed by atoms with E-state index in [-0.39, 0.29) is 9.41 Å². The summed E-state index contributed by atoms with van der Waals surface area (Å²) in [5.74, 6) is 0. The first-order valence-electron chi connectivity index (χ1n) is 1.58. The van der Waals surface area contributed by atoms with Crippen molar-refractivity contribution in [2.75, 3.05) is 0 Å². The summed E-state index contributed by atoms with van der Waals surface area (Å²) < 4.78 is 0. The molecule has 0 aliphatic heterocycles. The summed E-state index contributed by atoms with van der Waals surface area (Å²) in [7, 11) is 0. The van der Waals surface area contributed by atoms with Gasteiger partial charge < -0.3 is 4.98 Å². The number of aromatic nitrogens is 1. The molecule has 0 saturated heterocycles. The van der Waals surface area contributed by atoms with Crippen LogP contribution in [0.5, 0.6) is 0 Å². The third kappa shape index (κ3) is 2.96. The van der Waals surface area contributed by atoms with E-state index in [1.807, 2.05) is 24.5 Å². The summed E-state index contributed by atoms with van der Waals surface area (Å²) in [4.78, 5) is 2.86. The van der Waals surface area contributed by atoms with Gasteiger partial charge in [-0.2, -0.15) is 0 Å². The maximum Gasteiger partial charge on any atom is 0.000496 e. The molecular weight excluding hydrogens is 100 g/mol. The lowest BCUT2D eigenvalue weighted by Crippen LogP contribution is -1.38. The molecule has 0 aliphatic rings. The second-order valence-corrected chi connectivity index (χ2v) is 0.885. The van der Waals surface area contributed by atoms with E-state index in [4.69, 9.17) is 0 Å². The Balaban J connectivity index is 0. The lowest BCUT2D eigenvalue weighted by Gasteiger charge is -1.49. The summed E-state index contributed by atoms with van der Waals surface area (Å²) in [6, 6.07) is 3.89. The Labute approximate surface area is 40.1 Å². The molecule has 1 N–H and O–H groups in total. The molecule has 0 amide bonds. The van der Waals surface area contributed by atoms with E-state index in [9.17, 15) is 0 Å². The fourth-order valence-electron chi connectivity index (χ4n) is 0.278. The van der Waals surface area contributed by atoms with Crippen LogP contribution in [0, 0.1) is 0 Å². The molecule has 0 spiro atoms. The first-order valence-corrected chi connectivity index (χ1v) is 1.58. The molecule has 0 bridgehead atoms. The van der Waals surface area contributed by atoms with E-state index in [1.54, 1.807) is 0 Å². The van der Waals surface area contributed by atoms with Crippen LogP contribution >= 0.6 is 0 Å². The summed E-state index contributed by atoms with van der Waals surface area (Å²) in [6.45, 7) is 0. The maximum absolute atomic E-state index is 2.86. The lowest BCUT2D eigenvalue weighted by atomic mass is 10.7. The summed E-state index contributed by atoms with van der Waals surface area (Å²) >= 11 is 0. The molecule has 1 nitrogen and oxygen atoms in total. The van der Waals surface area contributed by atoms with Crippen molar-refractivity contribution in [3.05, 3.63) is 24.5 Å². The number of halogens is 2. The Bertz CT molecular complexity index is 66.2. The number of H-pyrrole nitrogens is 1. The van der Waals surface area contributed by atoms with Crippen molar-refractivity contribution in [2.45, 2.75) is 0 Å². The zero-order valence-electron chi connectivity index (χ0n) is 3.63. The molecule has 0 radical (unpaired) electrons. The molecule has 3 heteroatoms. The lowest BCUT2D eigenvalue weighted by molar-refractivity contribution is 1.11. The molecule has 0 unspecified atom stereocenters. The topological polar surface area (TPSA) is 15.8 Å². The minimum atomic E-state index is 0. The third-order valence-corrected chi connectivity index (χ3v) is 0.496. The Morgan fingerprint density at radius 3 is 1.43 bits per heavy atom. The van der Waals surface area contributed by atoms with Gasteiger partial charge in [-0.15, -0.1) is 0 Å². The fraction of sp³-hybridized carbons (Fsp3) is 0. The molecular formula is C4H7F2N. The van der Waals surface area contributed by atoms with Crippen molar-refractivity contribution in [1.82, 2.24) is 4.98 Å². The van der Waals surface area contributed by atoms with Gasteiger partial charge in [0.05, 0.1) is 0 Å². The first-order chi connectivity index (χ1) is 2.50.